The summed E-state index contributed by atoms with van der Waals surface area (Å²) in [6.07, 6.45) is 0. The number of aryl methyl sites for hydroxylation is 3. The fourth-order valence-electron chi connectivity index (χ4n) is 2.72. The lowest BCUT2D eigenvalue weighted by atomic mass is 9.96. The summed E-state index contributed by atoms with van der Waals surface area (Å²) in [5.74, 6) is 0.443. The molecule has 0 aromatic heterocycles. The SMILES string of the molecule is CCOc1ccc(C(=O)NC(C)c2cc(C)c(C)cc2C)cc1Cl. The van der Waals surface area contributed by atoms with Gasteiger partial charge in [-0.2, -0.15) is 0 Å². The zero-order valence-corrected chi connectivity index (χ0v) is 15.6. The highest BCUT2D eigenvalue weighted by Crippen LogP contribution is 2.26. The molecule has 4 heteroatoms. The molecule has 0 bridgehead atoms. The van der Waals surface area contributed by atoms with Crippen molar-refractivity contribution in [3.63, 3.8) is 0 Å². The Morgan fingerprint density at radius 1 is 1.12 bits per heavy atom. The van der Waals surface area contributed by atoms with Crippen molar-refractivity contribution < 1.29 is 9.53 Å². The van der Waals surface area contributed by atoms with Crippen LogP contribution in [0.5, 0.6) is 5.75 Å². The van der Waals surface area contributed by atoms with Crippen molar-refractivity contribution in [2.24, 2.45) is 0 Å². The van der Waals surface area contributed by atoms with Gasteiger partial charge in [0.15, 0.2) is 0 Å². The van der Waals surface area contributed by atoms with Crippen LogP contribution in [0.15, 0.2) is 30.3 Å². The standard InChI is InChI=1S/C20H24ClNO2/c1-6-24-19-8-7-16(11-18(19)21)20(23)22-15(5)17-10-13(3)12(2)9-14(17)4/h7-11,15H,6H2,1-5H3,(H,22,23). The molecule has 0 fully saturated rings. The lowest BCUT2D eigenvalue weighted by Crippen LogP contribution is -2.27. The molecular weight excluding hydrogens is 322 g/mol. The van der Waals surface area contributed by atoms with Crippen LogP contribution in [0.3, 0.4) is 0 Å². The van der Waals surface area contributed by atoms with E-state index in [0.29, 0.717) is 22.9 Å². The maximum atomic E-state index is 12.5. The average Bonchev–Trinajstić information content (AvgIpc) is 2.52. The fourth-order valence-corrected chi connectivity index (χ4v) is 2.96. The number of halogens is 1. The molecule has 2 aromatic carbocycles. The zero-order valence-electron chi connectivity index (χ0n) is 14.9. The molecule has 1 unspecified atom stereocenters. The van der Waals surface area contributed by atoms with E-state index in [1.165, 1.54) is 16.7 Å². The maximum absolute atomic E-state index is 12.5. The van der Waals surface area contributed by atoms with Crippen molar-refractivity contribution >= 4 is 17.5 Å². The minimum absolute atomic E-state index is 0.0813. The number of carbonyl (C=O) groups excluding carboxylic acids is 1. The normalized spacial score (nSPS) is 11.9. The minimum Gasteiger partial charge on any atom is -0.492 e. The number of ether oxygens (including phenoxy) is 1. The summed E-state index contributed by atoms with van der Waals surface area (Å²) >= 11 is 6.16. The second-order valence-electron chi connectivity index (χ2n) is 6.07. The van der Waals surface area contributed by atoms with Crippen LogP contribution in [-0.2, 0) is 0 Å². The summed E-state index contributed by atoms with van der Waals surface area (Å²) in [7, 11) is 0. The van der Waals surface area contributed by atoms with E-state index < -0.39 is 0 Å². The molecule has 0 aliphatic rings. The lowest BCUT2D eigenvalue weighted by molar-refractivity contribution is 0.0940. The van der Waals surface area contributed by atoms with E-state index in [9.17, 15) is 4.79 Å². The van der Waals surface area contributed by atoms with E-state index >= 15 is 0 Å². The lowest BCUT2D eigenvalue weighted by Gasteiger charge is -2.19. The van der Waals surface area contributed by atoms with Gasteiger partial charge in [-0.25, -0.2) is 0 Å². The van der Waals surface area contributed by atoms with Crippen LogP contribution in [0.4, 0.5) is 0 Å². The van der Waals surface area contributed by atoms with Gasteiger partial charge in [-0.05, 0) is 75.1 Å². The monoisotopic (exact) mass is 345 g/mol. The van der Waals surface area contributed by atoms with Gasteiger partial charge < -0.3 is 10.1 Å². The Bertz CT molecular complexity index is 756. The first-order valence-corrected chi connectivity index (χ1v) is 8.52. The van der Waals surface area contributed by atoms with Gasteiger partial charge in [0, 0.05) is 5.56 Å². The van der Waals surface area contributed by atoms with Crippen molar-refractivity contribution in [1.82, 2.24) is 5.32 Å². The maximum Gasteiger partial charge on any atom is 0.251 e. The Morgan fingerprint density at radius 3 is 2.42 bits per heavy atom. The van der Waals surface area contributed by atoms with E-state index in [0.717, 1.165) is 5.56 Å². The minimum atomic E-state index is -0.148. The van der Waals surface area contributed by atoms with Crippen LogP contribution < -0.4 is 10.1 Å². The first-order chi connectivity index (χ1) is 11.3. The Morgan fingerprint density at radius 2 is 1.79 bits per heavy atom. The molecule has 2 rings (SSSR count). The molecule has 1 amide bonds. The molecule has 1 atom stereocenters. The van der Waals surface area contributed by atoms with Gasteiger partial charge in [-0.1, -0.05) is 23.7 Å². The third-order valence-electron chi connectivity index (χ3n) is 4.19. The molecule has 0 aliphatic carbocycles. The molecule has 0 spiro atoms. The second-order valence-corrected chi connectivity index (χ2v) is 6.47. The van der Waals surface area contributed by atoms with Crippen molar-refractivity contribution in [2.75, 3.05) is 6.61 Å². The first-order valence-electron chi connectivity index (χ1n) is 8.14. The van der Waals surface area contributed by atoms with Gasteiger partial charge >= 0.3 is 0 Å². The topological polar surface area (TPSA) is 38.3 Å². The largest absolute Gasteiger partial charge is 0.492 e. The van der Waals surface area contributed by atoms with Gasteiger partial charge in [0.05, 0.1) is 17.7 Å². The number of nitrogens with one attached hydrogen (secondary N) is 1. The van der Waals surface area contributed by atoms with Crippen molar-refractivity contribution in [2.45, 2.75) is 40.7 Å². The molecule has 2 aromatic rings. The molecule has 0 heterocycles. The Balaban J connectivity index is 2.17. The smallest absolute Gasteiger partial charge is 0.251 e. The first kappa shape index (κ1) is 18.3. The third kappa shape index (κ3) is 4.09. The van der Waals surface area contributed by atoms with Crippen LogP contribution in [0.25, 0.3) is 0 Å². The molecular formula is C20H24ClNO2. The average molecular weight is 346 g/mol. The Labute approximate surface area is 149 Å². The predicted octanol–water partition coefficient (Wildman–Crippen LogP) is 5.15. The van der Waals surface area contributed by atoms with Gasteiger partial charge in [0.1, 0.15) is 5.75 Å². The molecule has 1 N–H and O–H groups in total. The number of hydrogen-bond donors (Lipinski definition) is 1. The number of amides is 1. The predicted molar refractivity (Wildman–Crippen MR) is 99.2 cm³/mol. The third-order valence-corrected chi connectivity index (χ3v) is 4.49. The zero-order chi connectivity index (χ0) is 17.9. The Hall–Kier alpha value is -2.00. The summed E-state index contributed by atoms with van der Waals surface area (Å²) in [5, 5.41) is 3.48. The highest BCUT2D eigenvalue weighted by molar-refractivity contribution is 6.32. The molecule has 0 radical (unpaired) electrons. The Kier molecular flexibility index (Phi) is 5.89. The van der Waals surface area contributed by atoms with Crippen LogP contribution in [0.2, 0.25) is 5.02 Å². The number of hydrogen-bond acceptors (Lipinski definition) is 2. The van der Waals surface area contributed by atoms with Crippen LogP contribution in [0.1, 0.15) is 52.5 Å². The highest BCUT2D eigenvalue weighted by atomic mass is 35.5. The van der Waals surface area contributed by atoms with E-state index in [1.807, 2.05) is 13.8 Å². The molecule has 0 aliphatic heterocycles. The van der Waals surface area contributed by atoms with Gasteiger partial charge in [-0.15, -0.1) is 0 Å². The van der Waals surface area contributed by atoms with Crippen molar-refractivity contribution in [3.05, 3.63) is 63.2 Å². The van der Waals surface area contributed by atoms with E-state index in [2.05, 4.69) is 38.2 Å². The summed E-state index contributed by atoms with van der Waals surface area (Å²) in [6, 6.07) is 9.31. The summed E-state index contributed by atoms with van der Waals surface area (Å²) in [5.41, 5.74) is 5.31. The number of carbonyl (C=O) groups is 1. The molecule has 0 saturated heterocycles. The van der Waals surface area contributed by atoms with Crippen LogP contribution in [-0.4, -0.2) is 12.5 Å². The van der Waals surface area contributed by atoms with Crippen LogP contribution >= 0.6 is 11.6 Å². The number of benzene rings is 2. The summed E-state index contributed by atoms with van der Waals surface area (Å²) in [4.78, 5) is 12.5. The van der Waals surface area contributed by atoms with Crippen molar-refractivity contribution in [1.29, 1.82) is 0 Å². The van der Waals surface area contributed by atoms with E-state index in [-0.39, 0.29) is 11.9 Å². The second kappa shape index (κ2) is 7.71. The highest BCUT2D eigenvalue weighted by Gasteiger charge is 2.15. The number of rotatable bonds is 5. The fraction of sp³-hybridized carbons (Fsp3) is 0.350. The van der Waals surface area contributed by atoms with E-state index in [4.69, 9.17) is 16.3 Å². The van der Waals surface area contributed by atoms with Gasteiger partial charge in [0.25, 0.3) is 5.91 Å². The van der Waals surface area contributed by atoms with Gasteiger partial charge in [0.2, 0.25) is 0 Å². The van der Waals surface area contributed by atoms with Crippen molar-refractivity contribution in [3.8, 4) is 5.75 Å². The van der Waals surface area contributed by atoms with Gasteiger partial charge in [-0.3, -0.25) is 4.79 Å². The van der Waals surface area contributed by atoms with E-state index in [1.54, 1.807) is 18.2 Å². The molecule has 24 heavy (non-hydrogen) atoms. The molecule has 0 saturated carbocycles. The summed E-state index contributed by atoms with van der Waals surface area (Å²) < 4.78 is 5.40. The molecule has 3 nitrogen and oxygen atoms in total. The molecule has 128 valence electrons. The summed E-state index contributed by atoms with van der Waals surface area (Å²) in [6.45, 7) is 10.7. The quantitative estimate of drug-likeness (QED) is 0.813. The van der Waals surface area contributed by atoms with Crippen LogP contribution in [0, 0.1) is 20.8 Å².